The molecule has 0 heterocycles. The van der Waals surface area contributed by atoms with E-state index in [2.05, 4.69) is 11.8 Å². The highest BCUT2D eigenvalue weighted by Crippen LogP contribution is 2.32. The van der Waals surface area contributed by atoms with Gasteiger partial charge >= 0.3 is 0 Å². The second-order valence-corrected chi connectivity index (χ2v) is 6.37. The highest BCUT2D eigenvalue weighted by Gasteiger charge is 2.35. The van der Waals surface area contributed by atoms with Crippen molar-refractivity contribution >= 4 is 5.91 Å². The quantitative estimate of drug-likeness (QED) is 0.729. The molecule has 1 fully saturated rings. The molecule has 0 aliphatic heterocycles. The molecule has 1 rings (SSSR count). The van der Waals surface area contributed by atoms with Gasteiger partial charge in [0.05, 0.1) is 0 Å². The van der Waals surface area contributed by atoms with Crippen LogP contribution in [0.5, 0.6) is 0 Å². The van der Waals surface area contributed by atoms with Crippen LogP contribution in [0, 0.1) is 0 Å². The molecule has 0 unspecified atom stereocenters. The van der Waals surface area contributed by atoms with Crippen LogP contribution in [0.25, 0.3) is 0 Å². The fraction of sp³-hybridized carbons (Fsp3) is 0.938. The Bertz CT molecular complexity index is 283. The summed E-state index contributed by atoms with van der Waals surface area (Å²) >= 11 is 0. The minimum atomic E-state index is 0.138. The maximum Gasteiger partial charge on any atom is 0.223 e. The van der Waals surface area contributed by atoms with Crippen LogP contribution >= 0.6 is 0 Å². The van der Waals surface area contributed by atoms with Gasteiger partial charge in [0, 0.05) is 39.1 Å². The summed E-state index contributed by atoms with van der Waals surface area (Å²) in [4.78, 5) is 16.1. The predicted octanol–water partition coefficient (Wildman–Crippen LogP) is 2.23. The van der Waals surface area contributed by atoms with E-state index >= 15 is 0 Å². The molecule has 0 aromatic rings. The van der Waals surface area contributed by atoms with Crippen LogP contribution in [0.3, 0.4) is 0 Å². The molecule has 0 atom stereocenters. The van der Waals surface area contributed by atoms with Gasteiger partial charge in [-0.25, -0.2) is 0 Å². The number of carbonyl (C=O) groups excluding carboxylic acids is 1. The third kappa shape index (κ3) is 4.74. The number of hydrogen-bond acceptors (Lipinski definition) is 3. The summed E-state index contributed by atoms with van der Waals surface area (Å²) in [5, 5.41) is 0. The van der Waals surface area contributed by atoms with Gasteiger partial charge in [-0.1, -0.05) is 32.6 Å². The molecule has 4 heteroatoms. The fourth-order valence-corrected chi connectivity index (χ4v) is 3.35. The zero-order chi connectivity index (χ0) is 15.0. The van der Waals surface area contributed by atoms with E-state index in [1.807, 2.05) is 14.1 Å². The minimum Gasteiger partial charge on any atom is -0.349 e. The molecule has 1 amide bonds. The lowest BCUT2D eigenvalue weighted by atomic mass is 9.87. The molecule has 0 aromatic heterocycles. The Balaban J connectivity index is 2.72. The molecule has 0 bridgehead atoms. The minimum absolute atomic E-state index is 0.138. The van der Waals surface area contributed by atoms with E-state index in [1.54, 1.807) is 4.90 Å². The molecule has 20 heavy (non-hydrogen) atoms. The molecule has 0 radical (unpaired) electrons. The van der Waals surface area contributed by atoms with Crippen LogP contribution in [0.2, 0.25) is 0 Å². The number of nitrogens with zero attached hydrogens (tertiary/aromatic N) is 2. The van der Waals surface area contributed by atoms with Gasteiger partial charge in [-0.2, -0.15) is 0 Å². The molecule has 0 spiro atoms. The van der Waals surface area contributed by atoms with Crippen molar-refractivity contribution in [1.82, 2.24) is 9.80 Å². The Morgan fingerprint density at radius 2 is 1.70 bits per heavy atom. The van der Waals surface area contributed by atoms with Crippen molar-refractivity contribution in [1.29, 1.82) is 0 Å². The standard InChI is InChI=1S/C16H33N3O/c1-4-12-19(13-9-15(20)18(2)3)16(14-17)10-7-5-6-8-11-16/h4-14,17H2,1-3H3. The molecule has 4 nitrogen and oxygen atoms in total. The number of nitrogens with two attached hydrogens (primary N) is 1. The van der Waals surface area contributed by atoms with Crippen molar-refractivity contribution in [3.05, 3.63) is 0 Å². The van der Waals surface area contributed by atoms with Gasteiger partial charge in [0.25, 0.3) is 0 Å². The van der Waals surface area contributed by atoms with E-state index in [9.17, 15) is 4.79 Å². The average molecular weight is 283 g/mol. The number of carbonyl (C=O) groups is 1. The van der Waals surface area contributed by atoms with Crippen molar-refractivity contribution in [2.75, 3.05) is 33.7 Å². The van der Waals surface area contributed by atoms with Crippen molar-refractivity contribution in [2.45, 2.75) is 63.8 Å². The molecule has 0 saturated heterocycles. The van der Waals surface area contributed by atoms with Gasteiger partial charge in [0.15, 0.2) is 0 Å². The number of rotatable bonds is 7. The van der Waals surface area contributed by atoms with E-state index in [-0.39, 0.29) is 11.4 Å². The normalized spacial score (nSPS) is 18.9. The van der Waals surface area contributed by atoms with Gasteiger partial charge < -0.3 is 10.6 Å². The second kappa shape index (κ2) is 8.63. The van der Waals surface area contributed by atoms with E-state index in [0.717, 1.165) is 26.1 Å². The van der Waals surface area contributed by atoms with Gasteiger partial charge in [-0.3, -0.25) is 9.69 Å². The van der Waals surface area contributed by atoms with Crippen LogP contribution in [0.15, 0.2) is 0 Å². The summed E-state index contributed by atoms with van der Waals surface area (Å²) in [6, 6.07) is 0. The van der Waals surface area contributed by atoms with E-state index in [0.29, 0.717) is 6.42 Å². The Kier molecular flexibility index (Phi) is 7.52. The molecular weight excluding hydrogens is 250 g/mol. The molecular formula is C16H33N3O. The Labute approximate surface area is 124 Å². The number of amides is 1. The van der Waals surface area contributed by atoms with Crippen molar-refractivity contribution in [3.63, 3.8) is 0 Å². The Hall–Kier alpha value is -0.610. The lowest BCUT2D eigenvalue weighted by molar-refractivity contribution is -0.129. The van der Waals surface area contributed by atoms with Crippen LogP contribution in [-0.4, -0.2) is 55.0 Å². The maximum absolute atomic E-state index is 11.9. The summed E-state index contributed by atoms with van der Waals surface area (Å²) in [7, 11) is 3.66. The first kappa shape index (κ1) is 17.4. The molecule has 2 N–H and O–H groups in total. The van der Waals surface area contributed by atoms with E-state index in [1.165, 1.54) is 38.5 Å². The van der Waals surface area contributed by atoms with Gasteiger partial charge in [0.1, 0.15) is 0 Å². The van der Waals surface area contributed by atoms with Crippen molar-refractivity contribution < 1.29 is 4.79 Å². The fourth-order valence-electron chi connectivity index (χ4n) is 3.35. The predicted molar refractivity (Wildman–Crippen MR) is 84.7 cm³/mol. The topological polar surface area (TPSA) is 49.6 Å². The zero-order valence-corrected chi connectivity index (χ0v) is 13.7. The second-order valence-electron chi connectivity index (χ2n) is 6.37. The Morgan fingerprint density at radius 1 is 1.10 bits per heavy atom. The summed E-state index contributed by atoms with van der Waals surface area (Å²) in [5.74, 6) is 0.215. The Morgan fingerprint density at radius 3 is 2.15 bits per heavy atom. The lowest BCUT2D eigenvalue weighted by Crippen LogP contribution is -2.54. The molecule has 0 aromatic carbocycles. The van der Waals surface area contributed by atoms with Crippen LogP contribution < -0.4 is 5.73 Å². The van der Waals surface area contributed by atoms with Crippen LogP contribution in [-0.2, 0) is 4.79 Å². The molecule has 1 aliphatic carbocycles. The summed E-state index contributed by atoms with van der Waals surface area (Å²) in [6.45, 7) is 4.84. The van der Waals surface area contributed by atoms with Gasteiger partial charge in [-0.05, 0) is 25.8 Å². The number of hydrogen-bond donors (Lipinski definition) is 1. The largest absolute Gasteiger partial charge is 0.349 e. The first-order valence-corrected chi connectivity index (χ1v) is 8.21. The lowest BCUT2D eigenvalue weighted by Gasteiger charge is -2.43. The summed E-state index contributed by atoms with van der Waals surface area (Å²) in [5.41, 5.74) is 6.31. The SMILES string of the molecule is CCCN(CCC(=O)N(C)C)C1(CN)CCCCCC1. The first-order valence-electron chi connectivity index (χ1n) is 8.21. The average Bonchev–Trinajstić information content (AvgIpc) is 2.69. The van der Waals surface area contributed by atoms with Crippen LogP contribution in [0.1, 0.15) is 58.3 Å². The van der Waals surface area contributed by atoms with E-state index in [4.69, 9.17) is 5.73 Å². The van der Waals surface area contributed by atoms with E-state index < -0.39 is 0 Å². The smallest absolute Gasteiger partial charge is 0.223 e. The van der Waals surface area contributed by atoms with Crippen molar-refractivity contribution in [3.8, 4) is 0 Å². The maximum atomic E-state index is 11.9. The van der Waals surface area contributed by atoms with Gasteiger partial charge in [-0.15, -0.1) is 0 Å². The molecule has 1 saturated carbocycles. The summed E-state index contributed by atoms with van der Waals surface area (Å²) in [6.07, 6.45) is 9.33. The van der Waals surface area contributed by atoms with Gasteiger partial charge in [0.2, 0.25) is 5.91 Å². The zero-order valence-electron chi connectivity index (χ0n) is 13.7. The monoisotopic (exact) mass is 283 g/mol. The third-order valence-corrected chi connectivity index (χ3v) is 4.67. The highest BCUT2D eigenvalue weighted by molar-refractivity contribution is 5.75. The molecule has 118 valence electrons. The summed E-state index contributed by atoms with van der Waals surface area (Å²) < 4.78 is 0. The highest BCUT2D eigenvalue weighted by atomic mass is 16.2. The molecule has 1 aliphatic rings. The van der Waals surface area contributed by atoms with Crippen LogP contribution in [0.4, 0.5) is 0 Å². The third-order valence-electron chi connectivity index (χ3n) is 4.67. The first-order chi connectivity index (χ1) is 9.55. The van der Waals surface area contributed by atoms with Crippen molar-refractivity contribution in [2.24, 2.45) is 5.73 Å².